The summed E-state index contributed by atoms with van der Waals surface area (Å²) in [5.74, 6) is -0.124. The van der Waals surface area contributed by atoms with E-state index in [1.54, 1.807) is 36.4 Å². The first-order valence-electron chi connectivity index (χ1n) is 10.2. The van der Waals surface area contributed by atoms with Crippen molar-refractivity contribution in [2.75, 3.05) is 18.1 Å². The highest BCUT2D eigenvalue weighted by Gasteiger charge is 2.36. The summed E-state index contributed by atoms with van der Waals surface area (Å²) in [7, 11) is 0. The van der Waals surface area contributed by atoms with Gasteiger partial charge in [0.15, 0.2) is 0 Å². The Kier molecular flexibility index (Phi) is 7.30. The van der Waals surface area contributed by atoms with E-state index >= 15 is 0 Å². The molecule has 0 aliphatic carbocycles. The second-order valence-corrected chi connectivity index (χ2v) is 8.51. The van der Waals surface area contributed by atoms with Crippen molar-refractivity contribution < 1.29 is 23.9 Å². The summed E-state index contributed by atoms with van der Waals surface area (Å²) in [4.78, 5) is 38.4. The molecule has 1 aliphatic heterocycles. The van der Waals surface area contributed by atoms with Crippen LogP contribution in [0.25, 0.3) is 6.08 Å². The van der Waals surface area contributed by atoms with Crippen molar-refractivity contribution in [2.24, 2.45) is 0 Å². The molecule has 172 valence electrons. The molecule has 0 bridgehead atoms. The Morgan fingerprint density at radius 1 is 0.824 bits per heavy atom. The Bertz CT molecular complexity index is 1240. The molecule has 4 rings (SSSR count). The van der Waals surface area contributed by atoms with Crippen LogP contribution in [-0.2, 0) is 9.59 Å². The van der Waals surface area contributed by atoms with Crippen molar-refractivity contribution in [3.8, 4) is 11.5 Å². The number of urea groups is 1. The Labute approximate surface area is 209 Å². The van der Waals surface area contributed by atoms with Gasteiger partial charge in [0.05, 0.1) is 5.69 Å². The average molecular weight is 542 g/mol. The number of anilines is 1. The van der Waals surface area contributed by atoms with Crippen LogP contribution >= 0.6 is 27.5 Å². The fraction of sp³-hybridized carbons (Fsp3) is 0.0800. The van der Waals surface area contributed by atoms with E-state index in [1.165, 1.54) is 18.2 Å². The number of hydrogen-bond donors (Lipinski definition) is 1. The molecule has 0 saturated carbocycles. The van der Waals surface area contributed by atoms with E-state index in [2.05, 4.69) is 21.2 Å². The summed E-state index contributed by atoms with van der Waals surface area (Å²) in [6, 6.07) is 19.7. The molecule has 4 amide bonds. The summed E-state index contributed by atoms with van der Waals surface area (Å²) < 4.78 is 12.3. The molecule has 0 spiro atoms. The number of benzene rings is 3. The van der Waals surface area contributed by atoms with Gasteiger partial charge in [-0.15, -0.1) is 0 Å². The molecule has 7 nitrogen and oxygen atoms in total. The number of nitrogens with zero attached hydrogens (tertiary/aromatic N) is 1. The van der Waals surface area contributed by atoms with E-state index in [9.17, 15) is 14.4 Å². The van der Waals surface area contributed by atoms with Gasteiger partial charge in [-0.25, -0.2) is 9.69 Å². The third-order valence-electron chi connectivity index (χ3n) is 4.81. The number of carbonyl (C=O) groups is 3. The van der Waals surface area contributed by atoms with Crippen molar-refractivity contribution in [2.45, 2.75) is 0 Å². The van der Waals surface area contributed by atoms with Gasteiger partial charge >= 0.3 is 6.03 Å². The van der Waals surface area contributed by atoms with Crippen LogP contribution in [0.15, 0.2) is 82.8 Å². The van der Waals surface area contributed by atoms with Gasteiger partial charge in [-0.1, -0.05) is 39.7 Å². The van der Waals surface area contributed by atoms with E-state index in [4.69, 9.17) is 21.1 Å². The molecule has 1 heterocycles. The summed E-state index contributed by atoms with van der Waals surface area (Å²) in [5.41, 5.74) is 0.743. The molecule has 3 aromatic rings. The van der Waals surface area contributed by atoms with E-state index in [1.807, 2.05) is 24.3 Å². The molecule has 1 aliphatic rings. The minimum atomic E-state index is -0.816. The van der Waals surface area contributed by atoms with Crippen molar-refractivity contribution in [1.82, 2.24) is 5.32 Å². The number of carbonyl (C=O) groups excluding carboxylic acids is 3. The van der Waals surface area contributed by atoms with Crippen LogP contribution < -0.4 is 19.7 Å². The molecule has 1 fully saturated rings. The molecular weight excluding hydrogens is 524 g/mol. The molecule has 0 unspecified atom stereocenters. The molecule has 1 N–H and O–H groups in total. The van der Waals surface area contributed by atoms with Gasteiger partial charge < -0.3 is 9.47 Å². The number of ether oxygens (including phenoxy) is 2. The molecule has 3 aromatic carbocycles. The lowest BCUT2D eigenvalue weighted by Crippen LogP contribution is -2.54. The minimum absolute atomic E-state index is 0.161. The maximum atomic E-state index is 12.9. The van der Waals surface area contributed by atoms with Crippen LogP contribution in [0, 0.1) is 0 Å². The van der Waals surface area contributed by atoms with E-state index < -0.39 is 17.8 Å². The van der Waals surface area contributed by atoms with Gasteiger partial charge in [-0.2, -0.15) is 0 Å². The van der Waals surface area contributed by atoms with Crippen molar-refractivity contribution in [3.05, 3.63) is 93.4 Å². The number of barbiturate groups is 1. The lowest BCUT2D eigenvalue weighted by molar-refractivity contribution is -0.122. The number of imide groups is 2. The summed E-state index contributed by atoms with van der Waals surface area (Å²) in [6.45, 7) is 0.715. The van der Waals surface area contributed by atoms with Crippen LogP contribution in [0.1, 0.15) is 5.56 Å². The first-order chi connectivity index (χ1) is 16.4. The second kappa shape index (κ2) is 10.5. The van der Waals surface area contributed by atoms with Gasteiger partial charge in [-0.3, -0.25) is 14.9 Å². The van der Waals surface area contributed by atoms with Crippen LogP contribution in [0.4, 0.5) is 10.5 Å². The van der Waals surface area contributed by atoms with Crippen molar-refractivity contribution in [3.63, 3.8) is 0 Å². The fourth-order valence-electron chi connectivity index (χ4n) is 3.16. The summed E-state index contributed by atoms with van der Waals surface area (Å²) >= 11 is 9.25. The normalized spacial score (nSPS) is 14.8. The summed E-state index contributed by atoms with van der Waals surface area (Å²) in [6.07, 6.45) is 1.42. The van der Waals surface area contributed by atoms with Gasteiger partial charge in [0, 0.05) is 9.50 Å². The fourth-order valence-corrected chi connectivity index (χ4v) is 3.55. The number of hydrogen-bond acceptors (Lipinski definition) is 5. The van der Waals surface area contributed by atoms with Crippen LogP contribution in [0.5, 0.6) is 11.5 Å². The Balaban J connectivity index is 1.39. The third kappa shape index (κ3) is 5.65. The standard InChI is InChI=1S/C25H18BrClN2O5/c26-17-3-11-21(12-4-17)34-14-13-33-20-9-1-16(2-10-20)15-22-23(30)28-25(32)29(24(22)31)19-7-5-18(27)6-8-19/h1-12,15H,13-14H2,(H,28,30,32)/b22-15+. The molecule has 0 radical (unpaired) electrons. The molecule has 0 aromatic heterocycles. The van der Waals surface area contributed by atoms with E-state index in [0.717, 1.165) is 15.1 Å². The predicted octanol–water partition coefficient (Wildman–Crippen LogP) is 5.23. The smallest absolute Gasteiger partial charge is 0.335 e. The Hall–Kier alpha value is -3.62. The Morgan fingerprint density at radius 3 is 1.97 bits per heavy atom. The van der Waals surface area contributed by atoms with Gasteiger partial charge in [0.1, 0.15) is 30.3 Å². The Morgan fingerprint density at radius 2 is 1.38 bits per heavy atom. The number of rotatable bonds is 7. The first-order valence-corrected chi connectivity index (χ1v) is 11.4. The predicted molar refractivity (Wildman–Crippen MR) is 132 cm³/mol. The molecule has 34 heavy (non-hydrogen) atoms. The van der Waals surface area contributed by atoms with Crippen molar-refractivity contribution in [1.29, 1.82) is 0 Å². The zero-order valence-electron chi connectivity index (χ0n) is 17.7. The zero-order valence-corrected chi connectivity index (χ0v) is 20.0. The van der Waals surface area contributed by atoms with Crippen LogP contribution in [-0.4, -0.2) is 31.1 Å². The van der Waals surface area contributed by atoms with Crippen LogP contribution in [0.2, 0.25) is 5.02 Å². The molecule has 0 atom stereocenters. The zero-order chi connectivity index (χ0) is 24.1. The molecule has 1 saturated heterocycles. The lowest BCUT2D eigenvalue weighted by Gasteiger charge is -2.26. The number of halogens is 2. The lowest BCUT2D eigenvalue weighted by atomic mass is 10.1. The highest BCUT2D eigenvalue weighted by Crippen LogP contribution is 2.24. The van der Waals surface area contributed by atoms with E-state index in [-0.39, 0.29) is 5.57 Å². The number of amides is 4. The molecular formula is C25H18BrClN2O5. The van der Waals surface area contributed by atoms with Gasteiger partial charge in [0.2, 0.25) is 0 Å². The summed E-state index contributed by atoms with van der Waals surface area (Å²) in [5, 5.41) is 2.65. The largest absolute Gasteiger partial charge is 0.490 e. The molecule has 9 heteroatoms. The van der Waals surface area contributed by atoms with Crippen LogP contribution in [0.3, 0.4) is 0 Å². The maximum Gasteiger partial charge on any atom is 0.335 e. The third-order valence-corrected chi connectivity index (χ3v) is 5.59. The monoisotopic (exact) mass is 540 g/mol. The topological polar surface area (TPSA) is 84.9 Å². The SMILES string of the molecule is O=C1NC(=O)N(c2ccc(Cl)cc2)C(=O)/C1=C/c1ccc(OCCOc2ccc(Br)cc2)cc1. The second-order valence-electron chi connectivity index (χ2n) is 7.15. The highest BCUT2D eigenvalue weighted by atomic mass is 79.9. The minimum Gasteiger partial charge on any atom is -0.490 e. The first kappa shape index (κ1) is 23.5. The highest BCUT2D eigenvalue weighted by molar-refractivity contribution is 9.10. The number of nitrogens with one attached hydrogen (secondary N) is 1. The average Bonchev–Trinajstić information content (AvgIpc) is 2.82. The van der Waals surface area contributed by atoms with Crippen molar-refractivity contribution >= 4 is 57.1 Å². The van der Waals surface area contributed by atoms with Gasteiger partial charge in [-0.05, 0) is 72.3 Å². The maximum absolute atomic E-state index is 12.9. The quantitative estimate of drug-likeness (QED) is 0.252. The van der Waals surface area contributed by atoms with E-state index in [0.29, 0.717) is 35.2 Å². The van der Waals surface area contributed by atoms with Gasteiger partial charge in [0.25, 0.3) is 11.8 Å².